The van der Waals surface area contributed by atoms with Gasteiger partial charge in [0.25, 0.3) is 5.89 Å². The largest absolute Gasteiger partial charge is 0.459 e. The normalized spacial score (nSPS) is 11.9. The molecule has 1 aromatic carbocycles. The van der Waals surface area contributed by atoms with Gasteiger partial charge in [-0.15, -0.1) is 5.10 Å². The second kappa shape index (κ2) is 6.60. The van der Waals surface area contributed by atoms with Crippen molar-refractivity contribution in [2.45, 2.75) is 19.9 Å². The van der Waals surface area contributed by atoms with E-state index in [0.29, 0.717) is 11.3 Å². The van der Waals surface area contributed by atoms with E-state index in [1.165, 1.54) is 20.1 Å². The van der Waals surface area contributed by atoms with E-state index >= 15 is 0 Å². The zero-order valence-corrected chi connectivity index (χ0v) is 13.6. The number of rotatable bonds is 5. The summed E-state index contributed by atoms with van der Waals surface area (Å²) < 4.78 is 11.1. The molecule has 0 aliphatic rings. The molecule has 0 bridgehead atoms. The predicted octanol–water partition coefficient (Wildman–Crippen LogP) is 2.50. The fourth-order valence-corrected chi connectivity index (χ4v) is 2.21. The zero-order valence-electron chi connectivity index (χ0n) is 13.6. The summed E-state index contributed by atoms with van der Waals surface area (Å²) in [6, 6.07) is 8.83. The van der Waals surface area contributed by atoms with Gasteiger partial charge in [-0.1, -0.05) is 12.1 Å². The summed E-state index contributed by atoms with van der Waals surface area (Å²) in [6.45, 7) is 2.95. The highest BCUT2D eigenvalue weighted by atomic mass is 16.4. The fraction of sp³-hybridized carbons (Fsp3) is 0.176. The van der Waals surface area contributed by atoms with Crippen molar-refractivity contribution in [3.05, 3.63) is 58.8 Å². The van der Waals surface area contributed by atoms with E-state index in [4.69, 9.17) is 8.83 Å². The predicted molar refractivity (Wildman–Crippen MR) is 88.3 cm³/mol. The van der Waals surface area contributed by atoms with Gasteiger partial charge >= 0.3 is 5.76 Å². The Balaban J connectivity index is 1.80. The molecule has 0 saturated carbocycles. The zero-order chi connectivity index (χ0) is 18.0. The first-order chi connectivity index (χ1) is 12.0. The highest BCUT2D eigenvalue weighted by molar-refractivity contribution is 5.97. The maximum Gasteiger partial charge on any atom is 0.438 e. The molecule has 0 saturated heterocycles. The molecule has 8 heteroatoms. The number of nitrogens with zero attached hydrogens (tertiary/aromatic N) is 2. The van der Waals surface area contributed by atoms with E-state index in [-0.39, 0.29) is 17.4 Å². The van der Waals surface area contributed by atoms with Crippen LogP contribution in [0.15, 0.2) is 56.3 Å². The molecule has 0 unspecified atom stereocenters. The van der Waals surface area contributed by atoms with Gasteiger partial charge in [0.2, 0.25) is 5.91 Å². The van der Waals surface area contributed by atoms with Gasteiger partial charge in [-0.05, 0) is 38.1 Å². The molecule has 3 aromatic rings. The summed E-state index contributed by atoms with van der Waals surface area (Å²) >= 11 is 0. The van der Waals surface area contributed by atoms with E-state index in [1.807, 2.05) is 0 Å². The van der Waals surface area contributed by atoms with Gasteiger partial charge < -0.3 is 14.2 Å². The van der Waals surface area contributed by atoms with E-state index in [2.05, 4.69) is 10.4 Å². The summed E-state index contributed by atoms with van der Waals surface area (Å²) in [5.74, 6) is -1.07. The molecule has 128 valence electrons. The summed E-state index contributed by atoms with van der Waals surface area (Å²) in [7, 11) is 0. The molecular formula is C17H15N3O5. The Bertz CT molecular complexity index is 968. The molecule has 2 aromatic heterocycles. The van der Waals surface area contributed by atoms with Crippen LogP contribution >= 0.6 is 0 Å². The molecule has 1 atom stereocenters. The van der Waals surface area contributed by atoms with Crippen molar-refractivity contribution in [1.29, 1.82) is 0 Å². The number of hydrogen-bond acceptors (Lipinski definition) is 6. The van der Waals surface area contributed by atoms with Gasteiger partial charge in [-0.3, -0.25) is 9.59 Å². The third-order valence-electron chi connectivity index (χ3n) is 3.58. The lowest BCUT2D eigenvalue weighted by Crippen LogP contribution is -2.30. The van der Waals surface area contributed by atoms with Crippen LogP contribution in [0.5, 0.6) is 0 Å². The third-order valence-corrected chi connectivity index (χ3v) is 3.58. The highest BCUT2D eigenvalue weighted by Crippen LogP contribution is 2.17. The molecule has 0 spiro atoms. The van der Waals surface area contributed by atoms with Crippen LogP contribution in [0.1, 0.15) is 30.2 Å². The van der Waals surface area contributed by atoms with E-state index in [9.17, 15) is 14.4 Å². The van der Waals surface area contributed by atoms with Gasteiger partial charge in [-0.25, -0.2) is 4.79 Å². The number of furan rings is 1. The lowest BCUT2D eigenvalue weighted by molar-refractivity contribution is -0.119. The number of hydrogen-bond donors (Lipinski definition) is 1. The van der Waals surface area contributed by atoms with Crippen molar-refractivity contribution in [3.63, 3.8) is 0 Å². The van der Waals surface area contributed by atoms with Crippen LogP contribution in [-0.2, 0) is 4.79 Å². The quantitative estimate of drug-likeness (QED) is 0.714. The first kappa shape index (κ1) is 16.4. The van der Waals surface area contributed by atoms with Crippen LogP contribution in [-0.4, -0.2) is 21.5 Å². The number of anilines is 1. The van der Waals surface area contributed by atoms with Crippen LogP contribution in [0.25, 0.3) is 11.7 Å². The van der Waals surface area contributed by atoms with Crippen LogP contribution in [0.3, 0.4) is 0 Å². The van der Waals surface area contributed by atoms with Gasteiger partial charge in [0.05, 0.1) is 6.26 Å². The van der Waals surface area contributed by atoms with Crippen molar-refractivity contribution in [1.82, 2.24) is 9.78 Å². The second-order valence-electron chi connectivity index (χ2n) is 5.40. The Hall–Kier alpha value is -3.42. The minimum atomic E-state index is -0.916. The fourth-order valence-electron chi connectivity index (χ4n) is 2.21. The molecular weight excluding hydrogens is 326 g/mol. The molecule has 1 amide bonds. The Kier molecular flexibility index (Phi) is 4.34. The first-order valence-electron chi connectivity index (χ1n) is 7.51. The minimum absolute atomic E-state index is 0.00627. The molecule has 0 aliphatic heterocycles. The highest BCUT2D eigenvalue weighted by Gasteiger charge is 2.22. The Labute approximate surface area is 142 Å². The molecule has 3 rings (SSSR count). The Morgan fingerprint density at radius 3 is 2.72 bits per heavy atom. The summed E-state index contributed by atoms with van der Waals surface area (Å²) in [5, 5.41) is 6.64. The van der Waals surface area contributed by atoms with Gasteiger partial charge in [0, 0.05) is 11.3 Å². The number of Topliss-reactive ketones (excluding diaryl/α,β-unsaturated/α-hetero) is 1. The number of carbonyl (C=O) groups is 2. The summed E-state index contributed by atoms with van der Waals surface area (Å²) in [5.41, 5.74) is 0.927. The van der Waals surface area contributed by atoms with Crippen molar-refractivity contribution < 1.29 is 18.4 Å². The van der Waals surface area contributed by atoms with E-state index < -0.39 is 17.7 Å². The molecule has 0 aliphatic carbocycles. The Morgan fingerprint density at radius 1 is 1.24 bits per heavy atom. The smallest absolute Gasteiger partial charge is 0.438 e. The number of nitrogens with one attached hydrogen (secondary N) is 1. The SMILES string of the molecule is CC(=O)c1cccc(NC(=O)[C@@H](C)n2nc(-c3ccco3)oc2=O)c1. The van der Waals surface area contributed by atoms with Crippen LogP contribution in [0.4, 0.5) is 5.69 Å². The standard InChI is InChI=1S/C17H15N3O5/c1-10(15(22)18-13-6-3-5-12(9-13)11(2)21)20-17(23)25-16(19-20)14-7-4-8-24-14/h3-10H,1-2H3,(H,18,22)/t10-/m1/s1. The molecule has 0 fully saturated rings. The minimum Gasteiger partial charge on any atom is -0.459 e. The Morgan fingerprint density at radius 2 is 2.04 bits per heavy atom. The molecule has 1 N–H and O–H groups in total. The monoisotopic (exact) mass is 341 g/mol. The van der Waals surface area contributed by atoms with Crippen LogP contribution < -0.4 is 11.1 Å². The maximum atomic E-state index is 12.4. The third kappa shape index (κ3) is 3.42. The van der Waals surface area contributed by atoms with Gasteiger partial charge in [-0.2, -0.15) is 4.68 Å². The van der Waals surface area contributed by atoms with Crippen LogP contribution in [0, 0.1) is 0 Å². The summed E-state index contributed by atoms with van der Waals surface area (Å²) in [4.78, 5) is 35.7. The average molecular weight is 341 g/mol. The van der Waals surface area contributed by atoms with Crippen molar-refractivity contribution >= 4 is 17.4 Å². The number of amides is 1. The first-order valence-corrected chi connectivity index (χ1v) is 7.51. The second-order valence-corrected chi connectivity index (χ2v) is 5.40. The molecule has 2 heterocycles. The number of benzene rings is 1. The van der Waals surface area contributed by atoms with E-state index in [0.717, 1.165) is 4.68 Å². The lowest BCUT2D eigenvalue weighted by atomic mass is 10.1. The van der Waals surface area contributed by atoms with Crippen molar-refractivity contribution in [2.75, 3.05) is 5.32 Å². The molecule has 8 nitrogen and oxygen atoms in total. The van der Waals surface area contributed by atoms with Gasteiger partial charge in [0.1, 0.15) is 6.04 Å². The number of carbonyl (C=O) groups excluding carboxylic acids is 2. The topological polar surface area (TPSA) is 107 Å². The number of aromatic nitrogens is 2. The molecule has 0 radical (unpaired) electrons. The average Bonchev–Trinajstić information content (AvgIpc) is 3.23. The summed E-state index contributed by atoms with van der Waals surface area (Å²) in [6.07, 6.45) is 1.42. The number of ketones is 1. The van der Waals surface area contributed by atoms with E-state index in [1.54, 1.807) is 36.4 Å². The van der Waals surface area contributed by atoms with Crippen molar-refractivity contribution in [3.8, 4) is 11.7 Å². The van der Waals surface area contributed by atoms with Crippen molar-refractivity contribution in [2.24, 2.45) is 0 Å². The van der Waals surface area contributed by atoms with Gasteiger partial charge in [0.15, 0.2) is 11.5 Å². The molecule has 25 heavy (non-hydrogen) atoms. The maximum absolute atomic E-state index is 12.4. The van der Waals surface area contributed by atoms with Crippen LogP contribution in [0.2, 0.25) is 0 Å². The lowest BCUT2D eigenvalue weighted by Gasteiger charge is -2.11.